The summed E-state index contributed by atoms with van der Waals surface area (Å²) in [5, 5.41) is 22.8. The zero-order valence-electron chi connectivity index (χ0n) is 47.0. The molecule has 0 saturated carbocycles. The monoisotopic (exact) mass is 1080 g/mol. The van der Waals surface area contributed by atoms with Gasteiger partial charge in [-0.3, -0.25) is 0 Å². The summed E-state index contributed by atoms with van der Waals surface area (Å²) in [6.07, 6.45) is 0. The van der Waals surface area contributed by atoms with E-state index in [4.69, 9.17) is 0 Å². The molecule has 0 spiro atoms. The van der Waals surface area contributed by atoms with Gasteiger partial charge in [0.15, 0.2) is 0 Å². The lowest BCUT2D eigenvalue weighted by atomic mass is 9.82. The summed E-state index contributed by atoms with van der Waals surface area (Å²) in [7, 11) is 0. The number of fused-ring (bicyclic) bond motifs is 11. The molecule has 0 bridgehead atoms. The Labute approximate surface area is 498 Å². The minimum Gasteiger partial charge on any atom is -0.0622 e. The van der Waals surface area contributed by atoms with Gasteiger partial charge < -0.3 is 0 Å². The van der Waals surface area contributed by atoms with Crippen LogP contribution >= 0.6 is 0 Å². The van der Waals surface area contributed by atoms with Gasteiger partial charge in [0.2, 0.25) is 0 Å². The Balaban J connectivity index is 1.05. The Kier molecular flexibility index (Phi) is 10.8. The normalized spacial score (nSPS) is 12.0. The predicted molar refractivity (Wildman–Crippen MR) is 370 cm³/mol. The first-order valence-corrected chi connectivity index (χ1v) is 30.0. The van der Waals surface area contributed by atoms with Crippen LogP contribution in [0.25, 0.3) is 186 Å². The molecule has 0 aliphatic carbocycles. The van der Waals surface area contributed by atoms with Gasteiger partial charge in [0.1, 0.15) is 0 Å². The lowest BCUT2D eigenvalue weighted by Crippen LogP contribution is -1.93. The maximum Gasteiger partial charge on any atom is -0.000696 e. The van der Waals surface area contributed by atoms with Crippen LogP contribution in [0.2, 0.25) is 0 Å². The average Bonchev–Trinajstić information content (AvgIpc) is 1.59. The first kappa shape index (κ1) is 48.4. The largest absolute Gasteiger partial charge is 0.0622 e. The molecule has 18 rings (SSSR count). The Morgan fingerprint density at radius 1 is 0.116 bits per heavy atom. The fraction of sp³-hybridized carbons (Fsp3) is 0. The highest BCUT2D eigenvalue weighted by Crippen LogP contribution is 2.58. The van der Waals surface area contributed by atoms with Crippen molar-refractivity contribution in [2.75, 3.05) is 0 Å². The zero-order valence-corrected chi connectivity index (χ0v) is 47.0. The van der Waals surface area contributed by atoms with Crippen LogP contribution in [0.15, 0.2) is 315 Å². The third-order valence-electron chi connectivity index (χ3n) is 18.7. The standard InChI is InChI=1S/C86H52/c1-5-27-53(28-6-1)57-35-13-17-39-61(57)79-65-43-21-23-45-67(65)81(63-41-19-15-37-59(63)55-31-9-3-10-32-55)85-75-51-73-70-48-26-50-72-78(70)76(52-74(73)69-47-25-49-71(77(69)75)83(79)85)86-82(64-42-20-16-38-60(64)56-33-11-4-12-34-56)68-46-24-22-44-66(68)80(84(72)86)62-40-18-14-36-58(62)54-29-7-2-8-30-54/h1-52H. The SMILES string of the molecule is c1ccc(-c2ccccc2-c2c3ccccc3c(-c3ccccc3-c3ccccc3)c3c4cc5c(cc6c7c(-c8ccccc8-c8ccccc8)c8ccccc8c(-c8ccccc8-c8ccccc8)c7c7cccc5c76)c5cccc(c23)c54)cc1. The molecule has 86 heavy (non-hydrogen) atoms. The molecule has 0 nitrogen and oxygen atoms in total. The molecular formula is C86H52. The third kappa shape index (κ3) is 7.05. The van der Waals surface area contributed by atoms with Crippen molar-refractivity contribution in [1.29, 1.82) is 0 Å². The van der Waals surface area contributed by atoms with Gasteiger partial charge in [-0.15, -0.1) is 0 Å². The van der Waals surface area contributed by atoms with Crippen LogP contribution in [0, 0.1) is 0 Å². The van der Waals surface area contributed by atoms with E-state index >= 15 is 0 Å². The van der Waals surface area contributed by atoms with Gasteiger partial charge in [0, 0.05) is 0 Å². The van der Waals surface area contributed by atoms with Crippen LogP contribution in [0.1, 0.15) is 0 Å². The minimum atomic E-state index is 1.20. The van der Waals surface area contributed by atoms with E-state index in [9.17, 15) is 0 Å². The number of hydrogen-bond acceptors (Lipinski definition) is 0. The molecule has 396 valence electrons. The summed E-state index contributed by atoms with van der Waals surface area (Å²) in [5.74, 6) is 0. The molecule has 0 fully saturated rings. The minimum absolute atomic E-state index is 1.20. The molecule has 0 atom stereocenters. The van der Waals surface area contributed by atoms with E-state index in [1.54, 1.807) is 0 Å². The van der Waals surface area contributed by atoms with Crippen molar-refractivity contribution >= 4 is 97.0 Å². The predicted octanol–water partition coefficient (Wildman–Crippen LogP) is 24.3. The molecule has 0 N–H and O–H groups in total. The van der Waals surface area contributed by atoms with Gasteiger partial charge >= 0.3 is 0 Å². The maximum atomic E-state index is 2.60. The van der Waals surface area contributed by atoms with Gasteiger partial charge in [0.25, 0.3) is 0 Å². The number of hydrogen-bond donors (Lipinski definition) is 0. The molecule has 0 aliphatic rings. The van der Waals surface area contributed by atoms with Crippen LogP contribution in [0.3, 0.4) is 0 Å². The molecule has 0 radical (unpaired) electrons. The highest BCUT2D eigenvalue weighted by molar-refractivity contribution is 6.47. The molecule has 0 heteroatoms. The summed E-state index contributed by atoms with van der Waals surface area (Å²) in [4.78, 5) is 0. The maximum absolute atomic E-state index is 2.60. The van der Waals surface area contributed by atoms with E-state index in [0.29, 0.717) is 0 Å². The molecule has 0 unspecified atom stereocenters. The van der Waals surface area contributed by atoms with Gasteiger partial charge in [0.05, 0.1) is 0 Å². The molecule has 18 aromatic carbocycles. The zero-order chi connectivity index (χ0) is 56.4. The van der Waals surface area contributed by atoms with E-state index in [1.165, 1.54) is 186 Å². The van der Waals surface area contributed by atoms with Gasteiger partial charge in [-0.2, -0.15) is 0 Å². The van der Waals surface area contributed by atoms with Gasteiger partial charge in [-0.25, -0.2) is 0 Å². The molecule has 0 amide bonds. The van der Waals surface area contributed by atoms with Crippen molar-refractivity contribution in [1.82, 2.24) is 0 Å². The summed E-state index contributed by atoms with van der Waals surface area (Å²) < 4.78 is 0. The van der Waals surface area contributed by atoms with E-state index in [1.807, 2.05) is 0 Å². The lowest BCUT2D eigenvalue weighted by molar-refractivity contribution is 1.60. The van der Waals surface area contributed by atoms with Crippen LogP contribution in [0.4, 0.5) is 0 Å². The second-order valence-electron chi connectivity index (χ2n) is 23.1. The summed E-state index contributed by atoms with van der Waals surface area (Å²) in [6.45, 7) is 0. The first-order chi connectivity index (χ1) is 42.8. The quantitative estimate of drug-likeness (QED) is 0.133. The highest BCUT2D eigenvalue weighted by atomic mass is 14.3. The van der Waals surface area contributed by atoms with Crippen molar-refractivity contribution in [2.45, 2.75) is 0 Å². The van der Waals surface area contributed by atoms with Crippen molar-refractivity contribution in [2.24, 2.45) is 0 Å². The number of benzene rings is 16. The van der Waals surface area contributed by atoms with Crippen molar-refractivity contribution in [3.63, 3.8) is 0 Å². The average molecular weight is 1090 g/mol. The Morgan fingerprint density at radius 3 is 0.605 bits per heavy atom. The summed E-state index contributed by atoms with van der Waals surface area (Å²) in [5.41, 5.74) is 19.7. The van der Waals surface area contributed by atoms with E-state index in [0.717, 1.165) is 0 Å². The molecule has 0 aliphatic heterocycles. The second-order valence-corrected chi connectivity index (χ2v) is 23.1. The Bertz CT molecular complexity index is 5360. The lowest BCUT2D eigenvalue weighted by Gasteiger charge is -2.20. The summed E-state index contributed by atoms with van der Waals surface area (Å²) in [6, 6.07) is 118. The Morgan fingerprint density at radius 2 is 0.326 bits per heavy atom. The Hall–Kier alpha value is -11.2. The topological polar surface area (TPSA) is 0 Å². The smallest absolute Gasteiger partial charge is 0.000696 e. The van der Waals surface area contributed by atoms with Gasteiger partial charge in [-0.1, -0.05) is 303 Å². The second kappa shape index (κ2) is 19.2. The molecular weight excluding hydrogens is 1030 g/mol. The van der Waals surface area contributed by atoms with E-state index < -0.39 is 0 Å². The van der Waals surface area contributed by atoms with Crippen LogP contribution in [-0.2, 0) is 0 Å². The van der Waals surface area contributed by atoms with Crippen LogP contribution in [-0.4, -0.2) is 0 Å². The summed E-state index contributed by atoms with van der Waals surface area (Å²) >= 11 is 0. The molecule has 18 aromatic rings. The van der Waals surface area contributed by atoms with E-state index in [2.05, 4.69) is 315 Å². The highest BCUT2D eigenvalue weighted by Gasteiger charge is 2.30. The first-order valence-electron chi connectivity index (χ1n) is 30.0. The third-order valence-corrected chi connectivity index (χ3v) is 18.7. The molecule has 0 aromatic heterocycles. The van der Waals surface area contributed by atoms with Gasteiger partial charge in [-0.05, 0) is 198 Å². The molecule has 0 heterocycles. The fourth-order valence-electron chi connectivity index (χ4n) is 15.3. The van der Waals surface area contributed by atoms with E-state index in [-0.39, 0.29) is 0 Å². The fourth-order valence-corrected chi connectivity index (χ4v) is 15.3. The van der Waals surface area contributed by atoms with Crippen molar-refractivity contribution < 1.29 is 0 Å². The van der Waals surface area contributed by atoms with Crippen molar-refractivity contribution in [3.05, 3.63) is 315 Å². The van der Waals surface area contributed by atoms with Crippen LogP contribution < -0.4 is 0 Å². The van der Waals surface area contributed by atoms with Crippen LogP contribution in [0.5, 0.6) is 0 Å². The molecule has 0 saturated heterocycles. The van der Waals surface area contributed by atoms with Crippen molar-refractivity contribution in [3.8, 4) is 89.0 Å². The number of rotatable bonds is 8.